The number of carbonyl (C=O) groups is 1. The number of hydrogen-bond donors (Lipinski definition) is 1. The maximum absolute atomic E-state index is 14.2. The van der Waals surface area contributed by atoms with Crippen LogP contribution in [0, 0.1) is 23.1 Å². The molecule has 1 N–H and O–H groups in total. The van der Waals surface area contributed by atoms with Crippen LogP contribution in [0.4, 0.5) is 4.39 Å². The van der Waals surface area contributed by atoms with Crippen molar-refractivity contribution >= 4 is 17.7 Å². The maximum Gasteiger partial charge on any atom is 0.231 e. The van der Waals surface area contributed by atoms with E-state index in [1.165, 1.54) is 17.8 Å². The highest BCUT2D eigenvalue weighted by molar-refractivity contribution is 7.99. The molecule has 1 aromatic carbocycles. The Morgan fingerprint density at radius 3 is 2.74 bits per heavy atom. The van der Waals surface area contributed by atoms with E-state index in [1.54, 1.807) is 25.1 Å². The van der Waals surface area contributed by atoms with Crippen molar-refractivity contribution in [2.75, 3.05) is 5.75 Å². The van der Waals surface area contributed by atoms with Gasteiger partial charge in [0.15, 0.2) is 11.0 Å². The molecule has 8 heteroatoms. The summed E-state index contributed by atoms with van der Waals surface area (Å²) in [6, 6.07) is 8.88. The van der Waals surface area contributed by atoms with E-state index in [1.807, 2.05) is 18.4 Å². The van der Waals surface area contributed by atoms with E-state index in [4.69, 9.17) is 0 Å². The van der Waals surface area contributed by atoms with Gasteiger partial charge in [0.1, 0.15) is 11.4 Å². The minimum absolute atomic E-state index is 0.0146. The van der Waals surface area contributed by atoms with Crippen molar-refractivity contribution in [3.63, 3.8) is 0 Å². The summed E-state index contributed by atoms with van der Waals surface area (Å²) in [7, 11) is 0. The zero-order valence-corrected chi connectivity index (χ0v) is 16.4. The Morgan fingerprint density at radius 2 is 2.15 bits per heavy atom. The summed E-state index contributed by atoms with van der Waals surface area (Å²) in [6.07, 6.45) is 1.97. The molecule has 1 heterocycles. The fraction of sp³-hybridized carbons (Fsp3) is 0.474. The molecule has 2 aromatic rings. The molecule has 0 bridgehead atoms. The molecule has 0 radical (unpaired) electrons. The third-order valence-corrected chi connectivity index (χ3v) is 5.75. The molecule has 1 saturated carbocycles. The summed E-state index contributed by atoms with van der Waals surface area (Å²) < 4.78 is 16.1. The maximum atomic E-state index is 14.2. The molecule has 3 rings (SSSR count). The van der Waals surface area contributed by atoms with Gasteiger partial charge in [-0.3, -0.25) is 9.36 Å². The lowest BCUT2D eigenvalue weighted by Gasteiger charge is -2.27. The van der Waals surface area contributed by atoms with Crippen molar-refractivity contribution < 1.29 is 9.18 Å². The molecule has 1 unspecified atom stereocenters. The van der Waals surface area contributed by atoms with Crippen LogP contribution in [0.25, 0.3) is 11.4 Å². The first kappa shape index (κ1) is 19.4. The second-order valence-corrected chi connectivity index (χ2v) is 8.14. The predicted molar refractivity (Wildman–Crippen MR) is 101 cm³/mol. The van der Waals surface area contributed by atoms with Gasteiger partial charge < -0.3 is 5.32 Å². The van der Waals surface area contributed by atoms with Crippen LogP contribution in [0.2, 0.25) is 0 Å². The Labute approximate surface area is 162 Å². The number of aromatic nitrogens is 3. The third kappa shape index (κ3) is 4.14. The lowest BCUT2D eigenvalue weighted by Crippen LogP contribution is -2.49. The molecule has 0 aliphatic heterocycles. The summed E-state index contributed by atoms with van der Waals surface area (Å²) in [4.78, 5) is 12.3. The smallest absolute Gasteiger partial charge is 0.231 e. The number of halogens is 1. The Balaban J connectivity index is 1.76. The third-order valence-electron chi connectivity index (χ3n) is 4.81. The molecule has 142 valence electrons. The van der Waals surface area contributed by atoms with Crippen LogP contribution in [0.15, 0.2) is 29.4 Å². The Morgan fingerprint density at radius 1 is 1.44 bits per heavy atom. The van der Waals surface area contributed by atoms with Crippen molar-refractivity contribution in [1.29, 1.82) is 5.26 Å². The number of nitriles is 1. The number of rotatable bonds is 7. The normalized spacial score (nSPS) is 16.0. The van der Waals surface area contributed by atoms with Crippen LogP contribution in [0.3, 0.4) is 0 Å². The van der Waals surface area contributed by atoms with Gasteiger partial charge in [-0.25, -0.2) is 4.39 Å². The van der Waals surface area contributed by atoms with Crippen molar-refractivity contribution in [3.05, 3.63) is 30.1 Å². The fourth-order valence-electron chi connectivity index (χ4n) is 2.62. The molecule has 1 aliphatic carbocycles. The molecule has 27 heavy (non-hydrogen) atoms. The van der Waals surface area contributed by atoms with E-state index in [0.717, 1.165) is 12.8 Å². The Kier molecular flexibility index (Phi) is 5.51. The molecule has 0 spiro atoms. The summed E-state index contributed by atoms with van der Waals surface area (Å²) in [5.41, 5.74) is -0.509. The highest BCUT2D eigenvalue weighted by atomic mass is 32.2. The topological polar surface area (TPSA) is 83.6 Å². The molecule has 1 fully saturated rings. The van der Waals surface area contributed by atoms with Gasteiger partial charge >= 0.3 is 0 Å². The van der Waals surface area contributed by atoms with E-state index in [9.17, 15) is 14.4 Å². The minimum Gasteiger partial charge on any atom is -0.337 e. The number of nitrogens with one attached hydrogen (secondary N) is 1. The van der Waals surface area contributed by atoms with Crippen LogP contribution < -0.4 is 5.32 Å². The van der Waals surface area contributed by atoms with E-state index in [-0.39, 0.29) is 29.4 Å². The van der Waals surface area contributed by atoms with Gasteiger partial charge in [-0.15, -0.1) is 10.2 Å². The first-order chi connectivity index (χ1) is 12.9. The zero-order chi connectivity index (χ0) is 19.6. The summed E-state index contributed by atoms with van der Waals surface area (Å²) in [6.45, 7) is 5.49. The van der Waals surface area contributed by atoms with Gasteiger partial charge in [-0.1, -0.05) is 37.7 Å². The second kappa shape index (κ2) is 7.69. The molecular weight excluding hydrogens is 365 g/mol. The largest absolute Gasteiger partial charge is 0.337 e. The van der Waals surface area contributed by atoms with E-state index >= 15 is 0 Å². The lowest BCUT2D eigenvalue weighted by atomic mass is 9.90. The molecule has 0 saturated heterocycles. The minimum atomic E-state index is -0.917. The summed E-state index contributed by atoms with van der Waals surface area (Å²) in [5, 5.41) is 21.1. The van der Waals surface area contributed by atoms with Crippen molar-refractivity contribution in [2.45, 2.75) is 50.4 Å². The van der Waals surface area contributed by atoms with Crippen molar-refractivity contribution in [3.8, 4) is 17.5 Å². The van der Waals surface area contributed by atoms with Crippen molar-refractivity contribution in [2.24, 2.45) is 5.92 Å². The molecular formula is C19H22FN5OS. The van der Waals surface area contributed by atoms with Crippen LogP contribution >= 0.6 is 11.8 Å². The summed E-state index contributed by atoms with van der Waals surface area (Å²) in [5.74, 6) is 0.00619. The number of carbonyl (C=O) groups excluding carboxylic acids is 1. The quantitative estimate of drug-likeness (QED) is 0.735. The standard InChI is InChI=1S/C19H22FN5OS/c1-12(2)19(3,11-21)22-16(26)10-27-18-24-23-17(25(18)13-8-9-13)14-6-4-5-7-15(14)20/h4-7,12-13H,8-10H2,1-3H3,(H,22,26). The highest BCUT2D eigenvalue weighted by Crippen LogP contribution is 2.41. The number of amides is 1. The summed E-state index contributed by atoms with van der Waals surface area (Å²) >= 11 is 1.25. The van der Waals surface area contributed by atoms with Gasteiger partial charge in [0.2, 0.25) is 5.91 Å². The number of benzene rings is 1. The number of nitrogens with zero attached hydrogens (tertiary/aromatic N) is 4. The van der Waals surface area contributed by atoms with Crippen molar-refractivity contribution in [1.82, 2.24) is 20.1 Å². The predicted octanol–water partition coefficient (Wildman–Crippen LogP) is 3.57. The average molecular weight is 387 g/mol. The first-order valence-corrected chi connectivity index (χ1v) is 9.89. The van der Waals surface area contributed by atoms with Gasteiger partial charge in [-0.05, 0) is 37.8 Å². The average Bonchev–Trinajstić information content (AvgIpc) is 3.39. The first-order valence-electron chi connectivity index (χ1n) is 8.90. The van der Waals surface area contributed by atoms with E-state index < -0.39 is 5.54 Å². The van der Waals surface area contributed by atoms with Gasteiger partial charge in [-0.2, -0.15) is 5.26 Å². The number of hydrogen-bond acceptors (Lipinski definition) is 5. The van der Waals surface area contributed by atoms with E-state index in [0.29, 0.717) is 16.5 Å². The van der Waals surface area contributed by atoms with E-state index in [2.05, 4.69) is 21.6 Å². The monoisotopic (exact) mass is 387 g/mol. The molecule has 1 aliphatic rings. The van der Waals surface area contributed by atoms with Crippen LogP contribution in [-0.4, -0.2) is 32.0 Å². The number of thioether (sulfide) groups is 1. The van der Waals surface area contributed by atoms with Gasteiger partial charge in [0.25, 0.3) is 0 Å². The molecule has 1 amide bonds. The molecule has 1 aromatic heterocycles. The molecule has 6 nitrogen and oxygen atoms in total. The van der Waals surface area contributed by atoms with Gasteiger partial charge in [0, 0.05) is 6.04 Å². The SMILES string of the molecule is CC(C)C(C)(C#N)NC(=O)CSc1nnc(-c2ccccc2F)n1C1CC1. The van der Waals surface area contributed by atoms with Gasteiger partial charge in [0.05, 0.1) is 17.4 Å². The fourth-order valence-corrected chi connectivity index (χ4v) is 3.43. The molecule has 1 atom stereocenters. The highest BCUT2D eigenvalue weighted by Gasteiger charge is 2.32. The van der Waals surface area contributed by atoms with Crippen LogP contribution in [0.1, 0.15) is 39.7 Å². The second-order valence-electron chi connectivity index (χ2n) is 7.19. The zero-order valence-electron chi connectivity index (χ0n) is 15.6. The Bertz CT molecular complexity index is 886. The lowest BCUT2D eigenvalue weighted by molar-refractivity contribution is -0.120. The van der Waals surface area contributed by atoms with Crippen LogP contribution in [0.5, 0.6) is 0 Å². The Hall–Kier alpha value is -2.40. The van der Waals surface area contributed by atoms with Crippen LogP contribution in [-0.2, 0) is 4.79 Å².